The lowest BCUT2D eigenvalue weighted by Gasteiger charge is -2.10. The second kappa shape index (κ2) is 8.97. The van der Waals surface area contributed by atoms with Crippen LogP contribution in [0.5, 0.6) is 0 Å². The molecule has 0 aliphatic heterocycles. The predicted octanol–water partition coefficient (Wildman–Crippen LogP) is 4.62. The van der Waals surface area contributed by atoms with Crippen LogP contribution in [0.3, 0.4) is 0 Å². The molecule has 162 valence electrons. The minimum absolute atomic E-state index is 0.175. The lowest BCUT2D eigenvalue weighted by atomic mass is 10.1. The standard InChI is InChI=1S/C22H15BrClN3O5/c1-12-8-19-25-14(10-20(28)27(19)32-12)11-31-22(30)13-6-7-17(24)18(9-13)26-21(29)15-4-2-3-5-16(15)23/h2-10H,11H2,1H3,(H,26,29). The van der Waals surface area contributed by atoms with Crippen LogP contribution >= 0.6 is 27.5 Å². The van der Waals surface area contributed by atoms with Gasteiger partial charge in [-0.15, -0.1) is 4.57 Å². The van der Waals surface area contributed by atoms with Crippen LogP contribution < -0.4 is 10.9 Å². The number of aromatic nitrogens is 2. The Balaban J connectivity index is 1.49. The SMILES string of the molecule is Cc1cc2nc(COC(=O)c3ccc(Cl)c(NC(=O)c4ccccc4Br)c3)cc(=O)n2o1. The van der Waals surface area contributed by atoms with E-state index in [2.05, 4.69) is 26.2 Å². The molecule has 0 aliphatic rings. The van der Waals surface area contributed by atoms with Gasteiger partial charge in [0, 0.05) is 16.6 Å². The van der Waals surface area contributed by atoms with E-state index in [1.54, 1.807) is 37.3 Å². The third-order valence-electron chi connectivity index (χ3n) is 4.44. The van der Waals surface area contributed by atoms with E-state index in [-0.39, 0.29) is 28.6 Å². The summed E-state index contributed by atoms with van der Waals surface area (Å²) in [7, 11) is 0. The maximum absolute atomic E-state index is 12.6. The quantitative estimate of drug-likeness (QED) is 0.388. The van der Waals surface area contributed by atoms with E-state index in [0.29, 0.717) is 21.4 Å². The Morgan fingerprint density at radius 3 is 2.75 bits per heavy atom. The molecule has 2 aromatic heterocycles. The molecule has 2 aromatic carbocycles. The normalized spacial score (nSPS) is 10.8. The fraction of sp³-hybridized carbons (Fsp3) is 0.0909. The van der Waals surface area contributed by atoms with Crippen molar-refractivity contribution in [3.63, 3.8) is 0 Å². The summed E-state index contributed by atoms with van der Waals surface area (Å²) >= 11 is 9.51. The lowest BCUT2D eigenvalue weighted by molar-refractivity contribution is 0.0467. The highest BCUT2D eigenvalue weighted by atomic mass is 79.9. The Labute approximate surface area is 194 Å². The van der Waals surface area contributed by atoms with Gasteiger partial charge in [-0.05, 0) is 53.2 Å². The number of esters is 1. The monoisotopic (exact) mass is 515 g/mol. The second-order valence-corrected chi connectivity index (χ2v) is 8.05. The molecule has 1 amide bonds. The summed E-state index contributed by atoms with van der Waals surface area (Å²) in [5, 5.41) is 2.95. The molecule has 1 N–H and O–H groups in total. The number of carbonyl (C=O) groups excluding carboxylic acids is 2. The van der Waals surface area contributed by atoms with E-state index in [9.17, 15) is 14.4 Å². The first-order chi connectivity index (χ1) is 15.3. The number of hydrogen-bond donors (Lipinski definition) is 1. The van der Waals surface area contributed by atoms with Crippen LogP contribution in [-0.4, -0.2) is 21.4 Å². The van der Waals surface area contributed by atoms with Gasteiger partial charge in [0.2, 0.25) is 0 Å². The molecule has 4 rings (SSSR count). The molecule has 10 heteroatoms. The number of carbonyl (C=O) groups is 2. The Hall–Kier alpha value is -3.43. The van der Waals surface area contributed by atoms with Crippen LogP contribution in [0.2, 0.25) is 5.02 Å². The first kappa shape index (κ1) is 21.8. The van der Waals surface area contributed by atoms with Crippen LogP contribution in [0.1, 0.15) is 32.2 Å². The number of fused-ring (bicyclic) bond motifs is 1. The lowest BCUT2D eigenvalue weighted by Crippen LogP contribution is -2.15. The largest absolute Gasteiger partial charge is 0.456 e. The van der Waals surface area contributed by atoms with E-state index in [0.717, 1.165) is 4.57 Å². The number of amides is 1. The molecule has 4 aromatic rings. The summed E-state index contributed by atoms with van der Waals surface area (Å²) in [5.74, 6) is -0.524. The Kier molecular flexibility index (Phi) is 6.11. The number of rotatable bonds is 5. The van der Waals surface area contributed by atoms with Crippen molar-refractivity contribution in [2.75, 3.05) is 5.32 Å². The number of benzene rings is 2. The van der Waals surface area contributed by atoms with Gasteiger partial charge in [0.1, 0.15) is 12.4 Å². The molecule has 0 aliphatic carbocycles. The number of halogens is 2. The molecule has 0 atom stereocenters. The molecular weight excluding hydrogens is 502 g/mol. The fourth-order valence-corrected chi connectivity index (χ4v) is 3.58. The zero-order valence-corrected chi connectivity index (χ0v) is 18.9. The first-order valence-electron chi connectivity index (χ1n) is 9.34. The highest BCUT2D eigenvalue weighted by Gasteiger charge is 2.15. The molecular formula is C22H15BrClN3O5. The van der Waals surface area contributed by atoms with Gasteiger partial charge in [-0.3, -0.25) is 9.59 Å². The first-order valence-corrected chi connectivity index (χ1v) is 10.5. The van der Waals surface area contributed by atoms with Crippen molar-refractivity contribution < 1.29 is 18.8 Å². The number of anilines is 1. The zero-order valence-electron chi connectivity index (χ0n) is 16.6. The minimum atomic E-state index is -0.663. The summed E-state index contributed by atoms with van der Waals surface area (Å²) in [4.78, 5) is 41.4. The molecule has 0 saturated carbocycles. The third kappa shape index (κ3) is 4.58. The molecule has 2 heterocycles. The van der Waals surface area contributed by atoms with E-state index in [4.69, 9.17) is 20.9 Å². The summed E-state index contributed by atoms with van der Waals surface area (Å²) < 4.78 is 12.2. The number of nitrogens with zero attached hydrogens (tertiary/aromatic N) is 2. The molecule has 0 saturated heterocycles. The third-order valence-corrected chi connectivity index (χ3v) is 5.47. The number of ether oxygens (including phenoxy) is 1. The van der Waals surface area contributed by atoms with Crippen molar-refractivity contribution in [3.8, 4) is 0 Å². The summed E-state index contributed by atoms with van der Waals surface area (Å²) in [6, 6.07) is 14.1. The zero-order chi connectivity index (χ0) is 22.8. The highest BCUT2D eigenvalue weighted by Crippen LogP contribution is 2.25. The average molecular weight is 517 g/mol. The van der Waals surface area contributed by atoms with Crippen molar-refractivity contribution in [1.82, 2.24) is 9.56 Å². The summed E-state index contributed by atoms with van der Waals surface area (Å²) in [6.45, 7) is 1.48. The predicted molar refractivity (Wildman–Crippen MR) is 121 cm³/mol. The van der Waals surface area contributed by atoms with Crippen molar-refractivity contribution >= 4 is 50.7 Å². The Morgan fingerprint density at radius 1 is 1.19 bits per heavy atom. The maximum atomic E-state index is 12.6. The highest BCUT2D eigenvalue weighted by molar-refractivity contribution is 9.10. The van der Waals surface area contributed by atoms with Crippen molar-refractivity contribution in [3.05, 3.63) is 97.0 Å². The van der Waals surface area contributed by atoms with Gasteiger partial charge in [0.25, 0.3) is 11.5 Å². The maximum Gasteiger partial charge on any atom is 0.338 e. The Morgan fingerprint density at radius 2 is 1.97 bits per heavy atom. The van der Waals surface area contributed by atoms with Crippen molar-refractivity contribution in [1.29, 1.82) is 0 Å². The molecule has 0 radical (unpaired) electrons. The molecule has 0 unspecified atom stereocenters. The van der Waals surface area contributed by atoms with Crippen molar-refractivity contribution in [2.45, 2.75) is 13.5 Å². The van der Waals surface area contributed by atoms with Gasteiger partial charge in [-0.1, -0.05) is 23.7 Å². The van der Waals surface area contributed by atoms with E-state index >= 15 is 0 Å². The van der Waals surface area contributed by atoms with E-state index < -0.39 is 17.4 Å². The average Bonchev–Trinajstić information content (AvgIpc) is 3.14. The summed E-state index contributed by atoms with van der Waals surface area (Å²) in [6.07, 6.45) is 0. The van der Waals surface area contributed by atoms with Gasteiger partial charge in [0.05, 0.1) is 27.5 Å². The molecule has 32 heavy (non-hydrogen) atoms. The van der Waals surface area contributed by atoms with Gasteiger partial charge in [-0.25, -0.2) is 9.78 Å². The molecule has 0 bridgehead atoms. The van der Waals surface area contributed by atoms with Crippen LogP contribution in [0.4, 0.5) is 5.69 Å². The topological polar surface area (TPSA) is 103 Å². The van der Waals surface area contributed by atoms with Crippen molar-refractivity contribution in [2.24, 2.45) is 0 Å². The second-order valence-electron chi connectivity index (χ2n) is 6.79. The van der Waals surface area contributed by atoms with Gasteiger partial charge in [-0.2, -0.15) is 0 Å². The molecule has 0 spiro atoms. The van der Waals surface area contributed by atoms with Gasteiger partial charge >= 0.3 is 5.97 Å². The minimum Gasteiger partial charge on any atom is -0.456 e. The van der Waals surface area contributed by atoms with Crippen LogP contribution in [0.15, 0.2) is 68.4 Å². The molecule has 0 fully saturated rings. The number of nitrogens with one attached hydrogen (secondary N) is 1. The van der Waals surface area contributed by atoms with Crippen LogP contribution in [0.25, 0.3) is 5.65 Å². The van der Waals surface area contributed by atoms with Gasteiger partial charge < -0.3 is 14.6 Å². The van der Waals surface area contributed by atoms with Gasteiger partial charge in [0.15, 0.2) is 5.65 Å². The smallest absolute Gasteiger partial charge is 0.338 e. The van der Waals surface area contributed by atoms with Crippen LogP contribution in [-0.2, 0) is 11.3 Å². The number of hydrogen-bond acceptors (Lipinski definition) is 6. The Bertz CT molecular complexity index is 1410. The fourth-order valence-electron chi connectivity index (χ4n) is 2.95. The molecule has 8 nitrogen and oxygen atoms in total. The summed E-state index contributed by atoms with van der Waals surface area (Å²) in [5.41, 5.74) is 1.03. The van der Waals surface area contributed by atoms with E-state index in [1.165, 1.54) is 24.3 Å². The van der Waals surface area contributed by atoms with Crippen LogP contribution in [0, 0.1) is 6.92 Å². The van der Waals surface area contributed by atoms with E-state index in [1.807, 2.05) is 0 Å². The number of aryl methyl sites for hydroxylation is 1.